The predicted molar refractivity (Wildman–Crippen MR) is 75.6 cm³/mol. The number of rotatable bonds is 2. The minimum Gasteiger partial charge on any atom is -0.426 e. The van der Waals surface area contributed by atoms with Gasteiger partial charge in [-0.1, -0.05) is 38.1 Å². The Balaban J connectivity index is 2.22. The van der Waals surface area contributed by atoms with Crippen LogP contribution in [-0.4, -0.2) is 18.3 Å². The van der Waals surface area contributed by atoms with Crippen LogP contribution in [0, 0.1) is 5.41 Å². The van der Waals surface area contributed by atoms with E-state index in [2.05, 4.69) is 27.7 Å². The molecule has 1 aromatic rings. The van der Waals surface area contributed by atoms with Crippen molar-refractivity contribution in [2.75, 3.05) is 0 Å². The van der Waals surface area contributed by atoms with Crippen LogP contribution < -0.4 is 5.46 Å². The summed E-state index contributed by atoms with van der Waals surface area (Å²) < 4.78 is 6.17. The van der Waals surface area contributed by atoms with Gasteiger partial charge in [-0.3, -0.25) is 4.79 Å². The number of carbonyl (C=O) groups is 1. The molecule has 0 amide bonds. The van der Waals surface area contributed by atoms with Crippen LogP contribution in [0.3, 0.4) is 0 Å². The van der Waals surface area contributed by atoms with Gasteiger partial charge >= 0.3 is 6.92 Å². The third-order valence-corrected chi connectivity index (χ3v) is 4.45. The molecule has 1 fully saturated rings. The van der Waals surface area contributed by atoms with E-state index in [0.717, 1.165) is 11.9 Å². The Kier molecular flexibility index (Phi) is 3.14. The van der Waals surface area contributed by atoms with Crippen molar-refractivity contribution in [2.45, 2.75) is 46.5 Å². The van der Waals surface area contributed by atoms with Crippen molar-refractivity contribution in [1.29, 1.82) is 0 Å². The Morgan fingerprint density at radius 1 is 1.17 bits per heavy atom. The monoisotopic (exact) mass is 244 g/mol. The van der Waals surface area contributed by atoms with E-state index < -0.39 is 0 Å². The van der Waals surface area contributed by atoms with Crippen molar-refractivity contribution < 1.29 is 9.45 Å². The summed E-state index contributed by atoms with van der Waals surface area (Å²) in [5.74, 6) is 0.106. The maximum Gasteiger partial charge on any atom is 0.327 e. The summed E-state index contributed by atoms with van der Waals surface area (Å²) in [6, 6.07) is 7.80. The van der Waals surface area contributed by atoms with Crippen LogP contribution in [0.2, 0.25) is 6.32 Å². The smallest absolute Gasteiger partial charge is 0.327 e. The van der Waals surface area contributed by atoms with Crippen molar-refractivity contribution in [1.82, 2.24) is 0 Å². The molecule has 1 saturated heterocycles. The molecule has 18 heavy (non-hydrogen) atoms. The van der Waals surface area contributed by atoms with E-state index >= 15 is 0 Å². The molecule has 96 valence electrons. The summed E-state index contributed by atoms with van der Waals surface area (Å²) in [4.78, 5) is 11.3. The lowest BCUT2D eigenvalue weighted by atomic mass is 9.54. The van der Waals surface area contributed by atoms with E-state index in [-0.39, 0.29) is 23.7 Å². The molecule has 3 heteroatoms. The van der Waals surface area contributed by atoms with Crippen molar-refractivity contribution in [3.8, 4) is 0 Å². The summed E-state index contributed by atoms with van der Waals surface area (Å²) in [6.07, 6.45) is 1.01. The topological polar surface area (TPSA) is 26.3 Å². The van der Waals surface area contributed by atoms with Crippen molar-refractivity contribution in [3.63, 3.8) is 0 Å². The van der Waals surface area contributed by atoms with Crippen molar-refractivity contribution in [2.24, 2.45) is 5.41 Å². The van der Waals surface area contributed by atoms with Gasteiger partial charge in [-0.25, -0.2) is 0 Å². The Hall–Kier alpha value is -1.09. The number of ketones is 1. The van der Waals surface area contributed by atoms with E-state index in [4.69, 9.17) is 4.65 Å². The van der Waals surface area contributed by atoms with Crippen LogP contribution >= 0.6 is 0 Å². The molecule has 0 spiro atoms. The molecule has 0 aliphatic carbocycles. The summed E-state index contributed by atoms with van der Waals surface area (Å²) in [6.45, 7) is 10.5. The van der Waals surface area contributed by atoms with Gasteiger partial charge in [0.05, 0.1) is 5.60 Å². The minimum absolute atomic E-state index is 0.106. The first kappa shape index (κ1) is 13.3. The third kappa shape index (κ3) is 2.24. The van der Waals surface area contributed by atoms with Gasteiger partial charge in [0.25, 0.3) is 0 Å². The quantitative estimate of drug-likeness (QED) is 0.590. The van der Waals surface area contributed by atoms with Crippen LogP contribution in [-0.2, 0) is 4.65 Å². The summed E-state index contributed by atoms with van der Waals surface area (Å²) in [7, 11) is 0. The maximum absolute atomic E-state index is 11.3. The highest BCUT2D eigenvalue weighted by Crippen LogP contribution is 2.44. The fourth-order valence-electron chi connectivity index (χ4n) is 2.38. The lowest BCUT2D eigenvalue weighted by Gasteiger charge is -2.34. The molecule has 1 aliphatic rings. The molecule has 0 aromatic heterocycles. The molecule has 0 saturated carbocycles. The van der Waals surface area contributed by atoms with Gasteiger partial charge in [-0.15, -0.1) is 0 Å². The van der Waals surface area contributed by atoms with E-state index in [1.807, 2.05) is 24.3 Å². The summed E-state index contributed by atoms with van der Waals surface area (Å²) >= 11 is 0. The second-order valence-electron chi connectivity index (χ2n) is 6.38. The second-order valence-corrected chi connectivity index (χ2v) is 6.38. The first-order valence-electron chi connectivity index (χ1n) is 6.52. The highest BCUT2D eigenvalue weighted by atomic mass is 16.5. The molecule has 0 N–H and O–H groups in total. The average Bonchev–Trinajstić information content (AvgIpc) is 2.48. The average molecular weight is 244 g/mol. The normalized spacial score (nSPS) is 21.1. The summed E-state index contributed by atoms with van der Waals surface area (Å²) in [5.41, 5.74) is 1.97. The first-order chi connectivity index (χ1) is 8.23. The number of carbonyl (C=O) groups excluding carboxylic acids is 1. The number of Topliss-reactive ketones (excluding diaryl/α,β-unsaturated/α-hetero) is 1. The Bertz CT molecular complexity index is 444. The standard InChI is InChI=1S/C15H21BO2/c1-11(17)12-6-8-13(9-7-12)16-10-14(2,3)15(4,5)18-16/h6-9H,10H2,1-5H3. The molecule has 0 unspecified atom stereocenters. The Morgan fingerprint density at radius 3 is 2.11 bits per heavy atom. The zero-order valence-corrected chi connectivity index (χ0v) is 11.9. The summed E-state index contributed by atoms with van der Waals surface area (Å²) in [5, 5.41) is 0. The second kappa shape index (κ2) is 4.23. The van der Waals surface area contributed by atoms with Gasteiger partial charge in [0, 0.05) is 5.56 Å². The zero-order chi connectivity index (χ0) is 13.6. The Morgan fingerprint density at radius 2 is 1.72 bits per heavy atom. The SMILES string of the molecule is CC(=O)c1ccc(B2CC(C)(C)C(C)(C)O2)cc1. The fourth-order valence-corrected chi connectivity index (χ4v) is 2.38. The molecule has 1 aromatic carbocycles. The minimum atomic E-state index is -0.114. The van der Waals surface area contributed by atoms with Gasteiger partial charge in [-0.2, -0.15) is 0 Å². The van der Waals surface area contributed by atoms with Gasteiger partial charge in [0.2, 0.25) is 0 Å². The molecule has 2 nitrogen and oxygen atoms in total. The lowest BCUT2D eigenvalue weighted by molar-refractivity contribution is 0.0375. The lowest BCUT2D eigenvalue weighted by Crippen LogP contribution is -2.36. The first-order valence-corrected chi connectivity index (χ1v) is 6.52. The highest BCUT2D eigenvalue weighted by molar-refractivity contribution is 6.68. The van der Waals surface area contributed by atoms with Crippen LogP contribution in [0.5, 0.6) is 0 Å². The third-order valence-electron chi connectivity index (χ3n) is 4.45. The molecule has 0 radical (unpaired) electrons. The molecule has 1 aliphatic heterocycles. The van der Waals surface area contributed by atoms with Crippen molar-refractivity contribution in [3.05, 3.63) is 29.8 Å². The number of hydrogen-bond donors (Lipinski definition) is 0. The van der Waals surface area contributed by atoms with Crippen LogP contribution in [0.4, 0.5) is 0 Å². The molecule has 1 heterocycles. The van der Waals surface area contributed by atoms with Crippen LogP contribution in [0.25, 0.3) is 0 Å². The molecule has 2 rings (SSSR count). The van der Waals surface area contributed by atoms with E-state index in [1.54, 1.807) is 6.92 Å². The molecule has 0 atom stereocenters. The van der Waals surface area contributed by atoms with Gasteiger partial charge < -0.3 is 4.65 Å². The largest absolute Gasteiger partial charge is 0.426 e. The van der Waals surface area contributed by atoms with E-state index in [9.17, 15) is 4.79 Å². The molecule has 0 bridgehead atoms. The van der Waals surface area contributed by atoms with Crippen LogP contribution in [0.1, 0.15) is 45.0 Å². The van der Waals surface area contributed by atoms with E-state index in [0.29, 0.717) is 0 Å². The fraction of sp³-hybridized carbons (Fsp3) is 0.533. The van der Waals surface area contributed by atoms with Gasteiger partial charge in [-0.05, 0) is 38.0 Å². The van der Waals surface area contributed by atoms with Gasteiger partial charge in [0.15, 0.2) is 5.78 Å². The van der Waals surface area contributed by atoms with Crippen LogP contribution in [0.15, 0.2) is 24.3 Å². The maximum atomic E-state index is 11.3. The molecular weight excluding hydrogens is 223 g/mol. The van der Waals surface area contributed by atoms with Gasteiger partial charge in [0.1, 0.15) is 0 Å². The van der Waals surface area contributed by atoms with Crippen molar-refractivity contribution >= 4 is 18.2 Å². The number of benzene rings is 1. The predicted octanol–water partition coefficient (Wildman–Crippen LogP) is 2.92. The highest BCUT2D eigenvalue weighted by Gasteiger charge is 2.49. The molecular formula is C15H21BO2. The Labute approximate surface area is 110 Å². The number of hydrogen-bond acceptors (Lipinski definition) is 2. The van der Waals surface area contributed by atoms with E-state index in [1.165, 1.54) is 5.46 Å². The zero-order valence-electron chi connectivity index (χ0n) is 11.9.